The molecule has 2 aromatic rings. The standard InChI is InChI=1S/C15H15ClN2O2/c16-12-7-5-11(6-8-12)9-10-17-15(20)18-13-3-1-2-4-14(13)19/h1-8,19H,9-10H2,(H2,17,18,20). The molecule has 5 heteroatoms. The highest BCUT2D eigenvalue weighted by Crippen LogP contribution is 2.21. The molecule has 0 aliphatic carbocycles. The van der Waals surface area contributed by atoms with Crippen LogP contribution in [0.5, 0.6) is 5.75 Å². The minimum Gasteiger partial charge on any atom is -0.506 e. The van der Waals surface area contributed by atoms with Crippen molar-refractivity contribution in [1.82, 2.24) is 5.32 Å². The molecule has 20 heavy (non-hydrogen) atoms. The van der Waals surface area contributed by atoms with E-state index in [-0.39, 0.29) is 11.8 Å². The lowest BCUT2D eigenvalue weighted by Crippen LogP contribution is -2.30. The first-order valence-corrected chi connectivity index (χ1v) is 6.60. The molecule has 0 bridgehead atoms. The molecule has 0 radical (unpaired) electrons. The topological polar surface area (TPSA) is 61.4 Å². The molecule has 0 fully saturated rings. The summed E-state index contributed by atoms with van der Waals surface area (Å²) in [5, 5.41) is 15.5. The van der Waals surface area contributed by atoms with Crippen LogP contribution in [-0.2, 0) is 6.42 Å². The third-order valence-corrected chi connectivity index (χ3v) is 3.02. The molecule has 104 valence electrons. The van der Waals surface area contributed by atoms with E-state index in [0.29, 0.717) is 23.7 Å². The number of urea groups is 1. The predicted molar refractivity (Wildman–Crippen MR) is 80.3 cm³/mol. The van der Waals surface area contributed by atoms with E-state index < -0.39 is 0 Å². The first kappa shape index (κ1) is 14.2. The van der Waals surface area contributed by atoms with Gasteiger partial charge in [-0.2, -0.15) is 0 Å². The van der Waals surface area contributed by atoms with Gasteiger partial charge in [-0.05, 0) is 36.2 Å². The number of amides is 2. The van der Waals surface area contributed by atoms with Gasteiger partial charge in [0.25, 0.3) is 0 Å². The fourth-order valence-electron chi connectivity index (χ4n) is 1.72. The normalized spacial score (nSPS) is 10.1. The number of phenols is 1. The van der Waals surface area contributed by atoms with Crippen molar-refractivity contribution < 1.29 is 9.90 Å². The number of anilines is 1. The second kappa shape index (κ2) is 6.82. The first-order valence-electron chi connectivity index (χ1n) is 6.22. The molecule has 0 saturated carbocycles. The van der Waals surface area contributed by atoms with Gasteiger partial charge >= 0.3 is 6.03 Å². The van der Waals surface area contributed by atoms with Crippen molar-refractivity contribution >= 4 is 23.3 Å². The minimum atomic E-state index is -0.347. The summed E-state index contributed by atoms with van der Waals surface area (Å²) < 4.78 is 0. The molecule has 0 atom stereocenters. The van der Waals surface area contributed by atoms with Crippen molar-refractivity contribution in [2.45, 2.75) is 6.42 Å². The van der Waals surface area contributed by atoms with Crippen LogP contribution in [-0.4, -0.2) is 17.7 Å². The summed E-state index contributed by atoms with van der Waals surface area (Å²) in [5.41, 5.74) is 1.48. The van der Waals surface area contributed by atoms with Gasteiger partial charge in [0, 0.05) is 11.6 Å². The number of carbonyl (C=O) groups is 1. The zero-order valence-corrected chi connectivity index (χ0v) is 11.5. The summed E-state index contributed by atoms with van der Waals surface area (Å²) in [5.74, 6) is 0.0420. The number of aromatic hydroxyl groups is 1. The molecular formula is C15H15ClN2O2. The molecule has 0 aromatic heterocycles. The lowest BCUT2D eigenvalue weighted by Gasteiger charge is -2.08. The largest absolute Gasteiger partial charge is 0.506 e. The average molecular weight is 291 g/mol. The molecule has 0 spiro atoms. The highest BCUT2D eigenvalue weighted by Gasteiger charge is 2.04. The number of nitrogens with one attached hydrogen (secondary N) is 2. The first-order chi connectivity index (χ1) is 9.65. The Bertz CT molecular complexity index is 585. The molecule has 0 saturated heterocycles. The van der Waals surface area contributed by atoms with Crippen molar-refractivity contribution in [3.8, 4) is 5.75 Å². The maximum absolute atomic E-state index is 11.7. The molecular weight excluding hydrogens is 276 g/mol. The second-order valence-electron chi connectivity index (χ2n) is 4.27. The Labute approximate surface area is 122 Å². The van der Waals surface area contributed by atoms with Gasteiger partial charge in [0.15, 0.2) is 0 Å². The van der Waals surface area contributed by atoms with E-state index in [1.54, 1.807) is 18.2 Å². The van der Waals surface area contributed by atoms with Crippen molar-refractivity contribution in [1.29, 1.82) is 0 Å². The summed E-state index contributed by atoms with van der Waals surface area (Å²) in [6.07, 6.45) is 0.714. The third-order valence-electron chi connectivity index (χ3n) is 2.76. The van der Waals surface area contributed by atoms with Crippen molar-refractivity contribution in [3.63, 3.8) is 0 Å². The SMILES string of the molecule is O=C(NCCc1ccc(Cl)cc1)Nc1ccccc1O. The van der Waals surface area contributed by atoms with Crippen LogP contribution in [0.4, 0.5) is 10.5 Å². The lowest BCUT2D eigenvalue weighted by atomic mass is 10.1. The minimum absolute atomic E-state index is 0.0420. The molecule has 0 unspecified atom stereocenters. The molecule has 0 heterocycles. The number of carbonyl (C=O) groups excluding carboxylic acids is 1. The summed E-state index contributed by atoms with van der Waals surface area (Å²) in [4.78, 5) is 11.7. The molecule has 2 aromatic carbocycles. The quantitative estimate of drug-likeness (QED) is 0.756. The van der Waals surface area contributed by atoms with Crippen molar-refractivity contribution in [3.05, 3.63) is 59.1 Å². The number of hydrogen-bond donors (Lipinski definition) is 3. The van der Waals surface area contributed by atoms with E-state index >= 15 is 0 Å². The van der Waals surface area contributed by atoms with Gasteiger partial charge in [-0.25, -0.2) is 4.79 Å². The molecule has 2 rings (SSSR count). The highest BCUT2D eigenvalue weighted by atomic mass is 35.5. The number of hydrogen-bond acceptors (Lipinski definition) is 2. The maximum atomic E-state index is 11.7. The van der Waals surface area contributed by atoms with E-state index in [9.17, 15) is 9.90 Å². The van der Waals surface area contributed by atoms with Crippen LogP contribution in [0.25, 0.3) is 0 Å². The fraction of sp³-hybridized carbons (Fsp3) is 0.133. The summed E-state index contributed by atoms with van der Waals surface area (Å²) in [6, 6.07) is 13.7. The summed E-state index contributed by atoms with van der Waals surface area (Å²) >= 11 is 5.80. The van der Waals surface area contributed by atoms with Crippen LogP contribution in [0.1, 0.15) is 5.56 Å². The third kappa shape index (κ3) is 4.17. The van der Waals surface area contributed by atoms with E-state index in [4.69, 9.17) is 11.6 Å². The number of rotatable bonds is 4. The van der Waals surface area contributed by atoms with Crippen LogP contribution in [0, 0.1) is 0 Å². The Balaban J connectivity index is 1.78. The molecule has 3 N–H and O–H groups in total. The average Bonchev–Trinajstić information content (AvgIpc) is 2.44. The monoisotopic (exact) mass is 290 g/mol. The van der Waals surface area contributed by atoms with Crippen LogP contribution < -0.4 is 10.6 Å². The lowest BCUT2D eigenvalue weighted by molar-refractivity contribution is 0.252. The fourth-order valence-corrected chi connectivity index (χ4v) is 1.84. The van der Waals surface area contributed by atoms with Crippen LogP contribution in [0.15, 0.2) is 48.5 Å². The maximum Gasteiger partial charge on any atom is 0.319 e. The van der Waals surface area contributed by atoms with Gasteiger partial charge in [0.05, 0.1) is 5.69 Å². The van der Waals surface area contributed by atoms with Gasteiger partial charge in [0.2, 0.25) is 0 Å². The predicted octanol–water partition coefficient (Wildman–Crippen LogP) is 3.41. The van der Waals surface area contributed by atoms with Gasteiger partial charge < -0.3 is 15.7 Å². The Hall–Kier alpha value is -2.20. The van der Waals surface area contributed by atoms with Gasteiger partial charge in [0.1, 0.15) is 5.75 Å². The second-order valence-corrected chi connectivity index (χ2v) is 4.71. The molecule has 0 aliphatic rings. The number of phenolic OH excluding ortho intramolecular Hbond substituents is 1. The van der Waals surface area contributed by atoms with Gasteiger partial charge in [-0.1, -0.05) is 35.9 Å². The van der Waals surface area contributed by atoms with E-state index in [2.05, 4.69) is 10.6 Å². The molecule has 2 amide bonds. The van der Waals surface area contributed by atoms with Crippen LogP contribution in [0.3, 0.4) is 0 Å². The molecule has 0 aliphatic heterocycles. The van der Waals surface area contributed by atoms with E-state index in [1.165, 1.54) is 6.07 Å². The van der Waals surface area contributed by atoms with Gasteiger partial charge in [-0.15, -0.1) is 0 Å². The van der Waals surface area contributed by atoms with E-state index in [0.717, 1.165) is 5.56 Å². The number of halogens is 1. The summed E-state index contributed by atoms with van der Waals surface area (Å²) in [6.45, 7) is 0.501. The van der Waals surface area contributed by atoms with Gasteiger partial charge in [-0.3, -0.25) is 0 Å². The smallest absolute Gasteiger partial charge is 0.319 e. The Morgan fingerprint density at radius 2 is 1.80 bits per heavy atom. The zero-order chi connectivity index (χ0) is 14.4. The Morgan fingerprint density at radius 1 is 1.10 bits per heavy atom. The van der Waals surface area contributed by atoms with E-state index in [1.807, 2.05) is 24.3 Å². The number of benzene rings is 2. The molecule has 4 nitrogen and oxygen atoms in total. The van der Waals surface area contributed by atoms with Crippen LogP contribution >= 0.6 is 11.6 Å². The highest BCUT2D eigenvalue weighted by molar-refractivity contribution is 6.30. The van der Waals surface area contributed by atoms with Crippen molar-refractivity contribution in [2.75, 3.05) is 11.9 Å². The number of para-hydroxylation sites is 2. The van der Waals surface area contributed by atoms with Crippen LogP contribution in [0.2, 0.25) is 5.02 Å². The Morgan fingerprint density at radius 3 is 2.50 bits per heavy atom. The van der Waals surface area contributed by atoms with Crippen molar-refractivity contribution in [2.24, 2.45) is 0 Å². The zero-order valence-electron chi connectivity index (χ0n) is 10.8. The summed E-state index contributed by atoms with van der Waals surface area (Å²) in [7, 11) is 0. The Kier molecular flexibility index (Phi) is 4.85.